The summed E-state index contributed by atoms with van der Waals surface area (Å²) in [4.78, 5) is 5.45. The molecule has 0 amide bonds. The van der Waals surface area contributed by atoms with E-state index in [0.29, 0.717) is 6.61 Å². The fourth-order valence-corrected chi connectivity index (χ4v) is 2.50. The van der Waals surface area contributed by atoms with Crippen molar-refractivity contribution >= 4 is 22.0 Å². The van der Waals surface area contributed by atoms with Crippen LogP contribution in [0.25, 0.3) is 4.96 Å². The van der Waals surface area contributed by atoms with Crippen LogP contribution in [-0.2, 0) is 6.61 Å². The molecular formula is C13H13N3OS. The Morgan fingerprint density at radius 1 is 1.44 bits per heavy atom. The van der Waals surface area contributed by atoms with Crippen LogP contribution in [0.4, 0.5) is 5.69 Å². The van der Waals surface area contributed by atoms with Gasteiger partial charge in [-0.15, -0.1) is 11.3 Å². The number of ether oxygens (including phenoxy) is 1. The highest BCUT2D eigenvalue weighted by atomic mass is 32.1. The van der Waals surface area contributed by atoms with Crippen LogP contribution in [0.1, 0.15) is 11.3 Å². The lowest BCUT2D eigenvalue weighted by molar-refractivity contribution is 0.300. The van der Waals surface area contributed by atoms with Gasteiger partial charge in [-0.3, -0.25) is 4.40 Å². The van der Waals surface area contributed by atoms with Gasteiger partial charge in [0.25, 0.3) is 0 Å². The first kappa shape index (κ1) is 11.1. The van der Waals surface area contributed by atoms with Gasteiger partial charge in [-0.05, 0) is 19.1 Å². The molecule has 0 aliphatic carbocycles. The van der Waals surface area contributed by atoms with E-state index in [2.05, 4.69) is 4.98 Å². The van der Waals surface area contributed by atoms with Gasteiger partial charge in [0.15, 0.2) is 4.96 Å². The Morgan fingerprint density at radius 3 is 3.17 bits per heavy atom. The van der Waals surface area contributed by atoms with Crippen LogP contribution in [0.5, 0.6) is 5.75 Å². The number of fused-ring (bicyclic) bond motifs is 1. The number of hydrogen-bond acceptors (Lipinski definition) is 4. The van der Waals surface area contributed by atoms with Crippen molar-refractivity contribution in [2.75, 3.05) is 5.73 Å². The molecule has 0 radical (unpaired) electrons. The molecule has 0 bridgehead atoms. The summed E-state index contributed by atoms with van der Waals surface area (Å²) in [7, 11) is 0. The van der Waals surface area contributed by atoms with E-state index in [-0.39, 0.29) is 0 Å². The SMILES string of the molecule is Cc1c(N)cccc1OCc1cn2ccsc2n1. The third kappa shape index (κ3) is 1.93. The molecule has 4 nitrogen and oxygen atoms in total. The van der Waals surface area contributed by atoms with Gasteiger partial charge in [0.1, 0.15) is 12.4 Å². The Morgan fingerprint density at radius 2 is 2.33 bits per heavy atom. The highest BCUT2D eigenvalue weighted by molar-refractivity contribution is 7.15. The fraction of sp³-hybridized carbons (Fsp3) is 0.154. The van der Waals surface area contributed by atoms with Crippen molar-refractivity contribution < 1.29 is 4.74 Å². The number of aromatic nitrogens is 2. The maximum absolute atomic E-state index is 5.84. The predicted molar refractivity (Wildman–Crippen MR) is 73.0 cm³/mol. The van der Waals surface area contributed by atoms with Crippen LogP contribution in [-0.4, -0.2) is 9.38 Å². The average molecular weight is 259 g/mol. The summed E-state index contributed by atoms with van der Waals surface area (Å²) in [5.41, 5.74) is 8.48. The Bertz CT molecular complexity index is 658. The van der Waals surface area contributed by atoms with E-state index in [1.807, 2.05) is 47.3 Å². The molecule has 3 aromatic rings. The molecule has 92 valence electrons. The molecule has 0 aliphatic heterocycles. The number of rotatable bonds is 3. The van der Waals surface area contributed by atoms with E-state index in [4.69, 9.17) is 10.5 Å². The number of anilines is 1. The minimum Gasteiger partial charge on any atom is -0.487 e. The number of thiazole rings is 1. The number of nitrogens with two attached hydrogens (primary N) is 1. The van der Waals surface area contributed by atoms with Gasteiger partial charge < -0.3 is 10.5 Å². The van der Waals surface area contributed by atoms with Crippen molar-refractivity contribution in [3.63, 3.8) is 0 Å². The molecule has 2 aromatic heterocycles. The van der Waals surface area contributed by atoms with Gasteiger partial charge in [0, 0.05) is 29.0 Å². The molecule has 2 N–H and O–H groups in total. The lowest BCUT2D eigenvalue weighted by Gasteiger charge is -2.09. The molecule has 0 unspecified atom stereocenters. The van der Waals surface area contributed by atoms with E-state index in [9.17, 15) is 0 Å². The van der Waals surface area contributed by atoms with Crippen LogP contribution in [0.3, 0.4) is 0 Å². The molecule has 0 atom stereocenters. The zero-order valence-corrected chi connectivity index (χ0v) is 10.8. The highest BCUT2D eigenvalue weighted by Crippen LogP contribution is 2.23. The second-order valence-electron chi connectivity index (χ2n) is 4.08. The van der Waals surface area contributed by atoms with Crippen LogP contribution in [0.15, 0.2) is 36.0 Å². The van der Waals surface area contributed by atoms with Gasteiger partial charge in [0.05, 0.1) is 5.69 Å². The van der Waals surface area contributed by atoms with Gasteiger partial charge in [-0.1, -0.05) is 6.07 Å². The minimum atomic E-state index is 0.457. The zero-order valence-electron chi connectivity index (χ0n) is 9.96. The second-order valence-corrected chi connectivity index (χ2v) is 4.96. The normalized spacial score (nSPS) is 10.9. The molecule has 2 heterocycles. The standard InChI is InChI=1S/C13H13N3OS/c1-9-11(14)3-2-4-12(9)17-8-10-7-16-5-6-18-13(16)15-10/h2-7H,8,14H2,1H3. The number of benzene rings is 1. The van der Waals surface area contributed by atoms with E-state index in [0.717, 1.165) is 27.7 Å². The number of imidazole rings is 1. The van der Waals surface area contributed by atoms with Crippen molar-refractivity contribution in [3.8, 4) is 5.75 Å². The molecular weight excluding hydrogens is 246 g/mol. The fourth-order valence-electron chi connectivity index (χ4n) is 1.79. The minimum absolute atomic E-state index is 0.457. The third-order valence-corrected chi connectivity index (χ3v) is 3.62. The van der Waals surface area contributed by atoms with Crippen LogP contribution >= 0.6 is 11.3 Å². The average Bonchev–Trinajstić information content (AvgIpc) is 2.91. The zero-order chi connectivity index (χ0) is 12.5. The Kier molecular flexibility index (Phi) is 2.68. The van der Waals surface area contributed by atoms with Crippen molar-refractivity contribution in [3.05, 3.63) is 47.2 Å². The lowest BCUT2D eigenvalue weighted by Crippen LogP contribution is -1.99. The molecule has 0 fully saturated rings. The van der Waals surface area contributed by atoms with Crippen molar-refractivity contribution in [2.24, 2.45) is 0 Å². The summed E-state index contributed by atoms with van der Waals surface area (Å²) in [5, 5.41) is 2.01. The Balaban J connectivity index is 1.78. The van der Waals surface area contributed by atoms with Crippen molar-refractivity contribution in [1.29, 1.82) is 0 Å². The molecule has 0 aliphatic rings. The molecule has 0 saturated heterocycles. The Labute approximate surface area is 109 Å². The van der Waals surface area contributed by atoms with E-state index >= 15 is 0 Å². The molecule has 5 heteroatoms. The number of hydrogen-bond donors (Lipinski definition) is 1. The van der Waals surface area contributed by atoms with E-state index in [1.165, 1.54) is 0 Å². The summed E-state index contributed by atoms with van der Waals surface area (Å²) >= 11 is 1.61. The monoisotopic (exact) mass is 259 g/mol. The molecule has 3 rings (SSSR count). The number of nitrogens with zero attached hydrogens (tertiary/aromatic N) is 2. The van der Waals surface area contributed by atoms with E-state index in [1.54, 1.807) is 11.3 Å². The lowest BCUT2D eigenvalue weighted by atomic mass is 10.2. The van der Waals surface area contributed by atoms with Gasteiger partial charge in [-0.25, -0.2) is 4.98 Å². The van der Waals surface area contributed by atoms with Crippen LogP contribution in [0.2, 0.25) is 0 Å². The smallest absolute Gasteiger partial charge is 0.193 e. The van der Waals surface area contributed by atoms with Crippen molar-refractivity contribution in [2.45, 2.75) is 13.5 Å². The molecule has 1 aromatic carbocycles. The molecule has 0 saturated carbocycles. The maximum atomic E-state index is 5.84. The summed E-state index contributed by atoms with van der Waals surface area (Å²) in [6, 6.07) is 5.68. The third-order valence-electron chi connectivity index (χ3n) is 2.84. The van der Waals surface area contributed by atoms with Gasteiger partial charge >= 0.3 is 0 Å². The second kappa shape index (κ2) is 4.34. The van der Waals surface area contributed by atoms with Gasteiger partial charge in [-0.2, -0.15) is 0 Å². The summed E-state index contributed by atoms with van der Waals surface area (Å²) < 4.78 is 7.75. The first-order valence-corrected chi connectivity index (χ1v) is 6.51. The summed E-state index contributed by atoms with van der Waals surface area (Å²) in [6.07, 6.45) is 3.97. The quantitative estimate of drug-likeness (QED) is 0.736. The van der Waals surface area contributed by atoms with E-state index < -0.39 is 0 Å². The predicted octanol–water partition coefficient (Wildman–Crippen LogP) is 2.87. The largest absolute Gasteiger partial charge is 0.487 e. The first-order valence-electron chi connectivity index (χ1n) is 5.63. The van der Waals surface area contributed by atoms with Crippen molar-refractivity contribution in [1.82, 2.24) is 9.38 Å². The number of nitrogen functional groups attached to an aromatic ring is 1. The topological polar surface area (TPSA) is 52.5 Å². The first-order chi connectivity index (χ1) is 8.74. The molecule has 0 spiro atoms. The van der Waals surface area contributed by atoms with Crippen LogP contribution in [0, 0.1) is 6.92 Å². The van der Waals surface area contributed by atoms with Gasteiger partial charge in [0.2, 0.25) is 0 Å². The summed E-state index contributed by atoms with van der Waals surface area (Å²) in [6.45, 7) is 2.41. The highest BCUT2D eigenvalue weighted by Gasteiger charge is 2.06. The summed E-state index contributed by atoms with van der Waals surface area (Å²) in [5.74, 6) is 0.811. The maximum Gasteiger partial charge on any atom is 0.193 e. The Hall–Kier alpha value is -2.01. The van der Waals surface area contributed by atoms with Crippen LogP contribution < -0.4 is 10.5 Å². The molecule has 18 heavy (non-hydrogen) atoms.